The molecule has 0 bridgehead atoms. The second-order valence-corrected chi connectivity index (χ2v) is 13.2. The first-order valence-electron chi connectivity index (χ1n) is 13.2. The number of halogens is 2. The Bertz CT molecular complexity index is 1450. The fourth-order valence-corrected chi connectivity index (χ4v) is 6.48. The van der Waals surface area contributed by atoms with Gasteiger partial charge in [0.1, 0.15) is 18.3 Å². The highest BCUT2D eigenvalue weighted by atomic mass is 79.9. The van der Waals surface area contributed by atoms with Crippen molar-refractivity contribution in [2.45, 2.75) is 51.1 Å². The van der Waals surface area contributed by atoms with E-state index in [9.17, 15) is 18.0 Å². The average Bonchev–Trinajstić information content (AvgIpc) is 2.95. The number of nitrogens with zero attached hydrogens (tertiary/aromatic N) is 2. The zero-order valence-electron chi connectivity index (χ0n) is 23.6. The number of carbonyl (C=O) groups excluding carboxylic acids is 2. The summed E-state index contributed by atoms with van der Waals surface area (Å²) in [5.74, 6) is -0.332. The van der Waals surface area contributed by atoms with Crippen LogP contribution in [0.5, 0.6) is 5.75 Å². The van der Waals surface area contributed by atoms with Crippen LogP contribution in [0.25, 0.3) is 0 Å². The number of rotatable bonds is 13. The van der Waals surface area contributed by atoms with Gasteiger partial charge in [-0.25, -0.2) is 8.42 Å². The lowest BCUT2D eigenvalue weighted by Gasteiger charge is -2.32. The molecule has 11 heteroatoms. The van der Waals surface area contributed by atoms with Gasteiger partial charge in [-0.2, -0.15) is 0 Å². The van der Waals surface area contributed by atoms with Crippen LogP contribution in [0.1, 0.15) is 37.8 Å². The number of nitrogens with one attached hydrogen (secondary N) is 1. The van der Waals surface area contributed by atoms with Crippen LogP contribution in [-0.2, 0) is 26.2 Å². The molecule has 0 aromatic heterocycles. The second-order valence-electron chi connectivity index (χ2n) is 9.61. The predicted molar refractivity (Wildman–Crippen MR) is 168 cm³/mol. The van der Waals surface area contributed by atoms with Crippen LogP contribution >= 0.6 is 31.9 Å². The molecule has 0 fully saturated rings. The number of hydrogen-bond donors (Lipinski definition) is 1. The van der Waals surface area contributed by atoms with Crippen LogP contribution in [0.2, 0.25) is 0 Å². The van der Waals surface area contributed by atoms with E-state index >= 15 is 0 Å². The van der Waals surface area contributed by atoms with E-state index in [2.05, 4.69) is 37.2 Å². The number of benzene rings is 3. The van der Waals surface area contributed by atoms with Crippen molar-refractivity contribution in [2.24, 2.45) is 0 Å². The summed E-state index contributed by atoms with van der Waals surface area (Å²) in [5.41, 5.74) is 2.08. The molecule has 41 heavy (non-hydrogen) atoms. The van der Waals surface area contributed by atoms with Crippen molar-refractivity contribution in [3.63, 3.8) is 0 Å². The molecule has 0 aliphatic rings. The van der Waals surface area contributed by atoms with E-state index in [0.29, 0.717) is 22.5 Å². The zero-order valence-corrected chi connectivity index (χ0v) is 27.6. The number of unbranched alkanes of at least 4 members (excludes halogenated alkanes) is 1. The molecule has 0 aliphatic heterocycles. The number of aryl methyl sites for hydroxylation is 1. The third kappa shape index (κ3) is 8.56. The highest BCUT2D eigenvalue weighted by Gasteiger charge is 2.32. The van der Waals surface area contributed by atoms with Crippen molar-refractivity contribution in [3.8, 4) is 5.75 Å². The lowest BCUT2D eigenvalue weighted by atomic mass is 10.1. The Morgan fingerprint density at radius 3 is 2.24 bits per heavy atom. The number of carbonyl (C=O) groups is 2. The molecule has 8 nitrogen and oxygen atoms in total. The molecule has 0 saturated heterocycles. The molecular formula is C30H35Br2N3O5S. The van der Waals surface area contributed by atoms with E-state index in [1.165, 1.54) is 24.1 Å². The maximum Gasteiger partial charge on any atom is 0.264 e. The fraction of sp³-hybridized carbons (Fsp3) is 0.333. The smallest absolute Gasteiger partial charge is 0.264 e. The van der Waals surface area contributed by atoms with Crippen LogP contribution < -0.4 is 14.4 Å². The quantitative estimate of drug-likeness (QED) is 0.218. The lowest BCUT2D eigenvalue weighted by Crippen LogP contribution is -2.51. The first-order chi connectivity index (χ1) is 19.5. The summed E-state index contributed by atoms with van der Waals surface area (Å²) in [6.07, 6.45) is 1.73. The molecule has 0 unspecified atom stereocenters. The largest absolute Gasteiger partial charge is 0.496 e. The topological polar surface area (TPSA) is 96.0 Å². The van der Waals surface area contributed by atoms with Crippen molar-refractivity contribution in [2.75, 3.05) is 24.5 Å². The number of sulfonamides is 1. The van der Waals surface area contributed by atoms with Gasteiger partial charge in [0.15, 0.2) is 0 Å². The van der Waals surface area contributed by atoms with E-state index in [1.54, 1.807) is 37.3 Å². The summed E-state index contributed by atoms with van der Waals surface area (Å²) in [7, 11) is -2.70. The van der Waals surface area contributed by atoms with Gasteiger partial charge in [0.2, 0.25) is 11.8 Å². The summed E-state index contributed by atoms with van der Waals surface area (Å²) in [6, 6.07) is 17.9. The van der Waals surface area contributed by atoms with Crippen LogP contribution in [-0.4, -0.2) is 51.4 Å². The van der Waals surface area contributed by atoms with E-state index < -0.39 is 28.5 Å². The third-order valence-corrected chi connectivity index (χ3v) is 9.49. The average molecular weight is 710 g/mol. The van der Waals surface area contributed by atoms with Gasteiger partial charge in [-0.3, -0.25) is 13.9 Å². The lowest BCUT2D eigenvalue weighted by molar-refractivity contribution is -0.139. The molecule has 3 rings (SSSR count). The van der Waals surface area contributed by atoms with Crippen LogP contribution in [0.4, 0.5) is 5.69 Å². The summed E-state index contributed by atoms with van der Waals surface area (Å²) in [6.45, 7) is 5.70. The first kappa shape index (κ1) is 32.6. The molecule has 0 saturated carbocycles. The Morgan fingerprint density at radius 2 is 1.66 bits per heavy atom. The van der Waals surface area contributed by atoms with Crippen molar-refractivity contribution in [1.29, 1.82) is 0 Å². The molecule has 0 heterocycles. The Hall–Kier alpha value is -2.89. The van der Waals surface area contributed by atoms with Crippen LogP contribution in [0.15, 0.2) is 80.6 Å². The van der Waals surface area contributed by atoms with Crippen LogP contribution in [0, 0.1) is 6.92 Å². The van der Waals surface area contributed by atoms with Gasteiger partial charge in [0.05, 0.1) is 22.2 Å². The Kier molecular flexibility index (Phi) is 11.8. The minimum Gasteiger partial charge on any atom is -0.496 e. The zero-order chi connectivity index (χ0) is 30.2. The summed E-state index contributed by atoms with van der Waals surface area (Å²) in [4.78, 5) is 28.5. The fourth-order valence-electron chi connectivity index (χ4n) is 4.08. The Morgan fingerprint density at radius 1 is 1.00 bits per heavy atom. The maximum atomic E-state index is 14.0. The van der Waals surface area contributed by atoms with Crippen LogP contribution in [0.3, 0.4) is 0 Å². The van der Waals surface area contributed by atoms with E-state index in [0.717, 1.165) is 32.7 Å². The first-order valence-corrected chi connectivity index (χ1v) is 16.2. The normalized spacial score (nSPS) is 12.0. The number of hydrogen-bond acceptors (Lipinski definition) is 5. The molecule has 3 aromatic carbocycles. The second kappa shape index (κ2) is 14.8. The van der Waals surface area contributed by atoms with Gasteiger partial charge in [-0.1, -0.05) is 59.1 Å². The standard InChI is InChI=1S/C30H35Br2N3O5S/c1-5-6-17-33-30(37)22(3)34(19-23-9-11-24(31)12-10-23)29(36)20-35(25-13-7-21(2)8-14-25)41(38,39)26-15-16-28(40-4)27(32)18-26/h7-16,18,22H,5-6,17,19-20H2,1-4H3,(H,33,37)/t22-/m0/s1. The molecule has 0 radical (unpaired) electrons. The Labute approximate surface area is 259 Å². The van der Waals surface area contributed by atoms with E-state index in [4.69, 9.17) is 4.74 Å². The van der Waals surface area contributed by atoms with Crippen molar-refractivity contribution >= 4 is 59.4 Å². The highest BCUT2D eigenvalue weighted by molar-refractivity contribution is 9.10. The number of amides is 2. The molecule has 2 amide bonds. The third-order valence-electron chi connectivity index (χ3n) is 6.58. The Balaban J connectivity index is 2.01. The maximum absolute atomic E-state index is 14.0. The predicted octanol–water partition coefficient (Wildman–Crippen LogP) is 6.06. The summed E-state index contributed by atoms with van der Waals surface area (Å²) in [5, 5.41) is 2.89. The van der Waals surface area contributed by atoms with E-state index in [1.807, 2.05) is 38.1 Å². The molecule has 1 N–H and O–H groups in total. The molecule has 0 spiro atoms. The summed E-state index contributed by atoms with van der Waals surface area (Å²) < 4.78 is 35.7. The van der Waals surface area contributed by atoms with Gasteiger partial charge >= 0.3 is 0 Å². The highest BCUT2D eigenvalue weighted by Crippen LogP contribution is 2.31. The van der Waals surface area contributed by atoms with Gasteiger partial charge in [0.25, 0.3) is 10.0 Å². The van der Waals surface area contributed by atoms with Crippen molar-refractivity contribution < 1.29 is 22.7 Å². The van der Waals surface area contributed by atoms with E-state index in [-0.39, 0.29) is 17.3 Å². The van der Waals surface area contributed by atoms with Crippen molar-refractivity contribution in [3.05, 3.63) is 86.8 Å². The molecule has 1 atom stereocenters. The SMILES string of the molecule is CCCCNC(=O)[C@H](C)N(Cc1ccc(Br)cc1)C(=O)CN(c1ccc(C)cc1)S(=O)(=O)c1ccc(OC)c(Br)c1. The molecule has 3 aromatic rings. The van der Waals surface area contributed by atoms with Gasteiger partial charge in [-0.05, 0) is 84.2 Å². The van der Waals surface area contributed by atoms with Crippen molar-refractivity contribution in [1.82, 2.24) is 10.2 Å². The molecular weight excluding hydrogens is 674 g/mol. The number of anilines is 1. The van der Waals surface area contributed by atoms with Gasteiger partial charge < -0.3 is 15.0 Å². The minimum atomic E-state index is -4.19. The van der Waals surface area contributed by atoms with Gasteiger partial charge in [-0.15, -0.1) is 0 Å². The van der Waals surface area contributed by atoms with Gasteiger partial charge in [0, 0.05) is 17.6 Å². The molecule has 0 aliphatic carbocycles. The molecule has 220 valence electrons. The number of methoxy groups -OCH3 is 1. The minimum absolute atomic E-state index is 0.0108. The monoisotopic (exact) mass is 707 g/mol. The number of ether oxygens (including phenoxy) is 1. The summed E-state index contributed by atoms with van der Waals surface area (Å²) >= 11 is 6.78.